The van der Waals surface area contributed by atoms with Crippen molar-refractivity contribution >= 4 is 11.7 Å². The minimum atomic E-state index is -0.160. The molecule has 1 heterocycles. The van der Waals surface area contributed by atoms with Crippen LogP contribution < -0.4 is 11.1 Å². The third kappa shape index (κ3) is 2.59. The van der Waals surface area contributed by atoms with Crippen LogP contribution in [0.5, 0.6) is 0 Å². The third-order valence-electron chi connectivity index (χ3n) is 6.19. The molecule has 3 aliphatic rings. The summed E-state index contributed by atoms with van der Waals surface area (Å²) >= 11 is 0. The van der Waals surface area contributed by atoms with Gasteiger partial charge in [-0.05, 0) is 50.9 Å². The van der Waals surface area contributed by atoms with E-state index in [9.17, 15) is 9.59 Å². The number of hydrogen-bond donors (Lipinski definition) is 2. The van der Waals surface area contributed by atoms with Crippen molar-refractivity contribution in [3.63, 3.8) is 0 Å². The molecule has 3 N–H and O–H groups in total. The summed E-state index contributed by atoms with van der Waals surface area (Å²) in [5.74, 6) is 1.93. The van der Waals surface area contributed by atoms with Crippen LogP contribution in [0.2, 0.25) is 0 Å². The molecule has 0 saturated heterocycles. The summed E-state index contributed by atoms with van der Waals surface area (Å²) in [6.07, 6.45) is 7.61. The lowest BCUT2D eigenvalue weighted by Gasteiger charge is -2.45. The summed E-state index contributed by atoms with van der Waals surface area (Å²) in [4.78, 5) is 24.9. The van der Waals surface area contributed by atoms with Crippen molar-refractivity contribution in [1.29, 1.82) is 0 Å². The molecule has 5 nitrogen and oxygen atoms in total. The molecule has 0 radical (unpaired) electrons. The standard InChI is InChI=1S/C19H26N2O3/c1-10-16-14(22)6-3-7-15(16)24-18(10)19(23)21-17-11-4-2-5-12(17)9-13(20)8-11/h11-13,17H,2-9,20H2,1H3,(H,21,23). The Bertz CT molecular complexity index is 664. The van der Waals surface area contributed by atoms with Crippen molar-refractivity contribution in [3.05, 3.63) is 22.6 Å². The van der Waals surface area contributed by atoms with Gasteiger partial charge in [-0.25, -0.2) is 0 Å². The molecule has 0 spiro atoms. The first-order valence-electron chi connectivity index (χ1n) is 9.26. The van der Waals surface area contributed by atoms with E-state index >= 15 is 0 Å². The Hall–Kier alpha value is -1.62. The highest BCUT2D eigenvalue weighted by molar-refractivity contribution is 6.03. The zero-order chi connectivity index (χ0) is 16.8. The van der Waals surface area contributed by atoms with E-state index in [4.69, 9.17) is 10.2 Å². The Balaban J connectivity index is 1.56. The van der Waals surface area contributed by atoms with E-state index in [1.165, 1.54) is 6.42 Å². The van der Waals surface area contributed by atoms with Gasteiger partial charge in [0.1, 0.15) is 5.76 Å². The molecule has 5 heteroatoms. The van der Waals surface area contributed by atoms with Crippen LogP contribution in [0.25, 0.3) is 0 Å². The lowest BCUT2D eigenvalue weighted by atomic mass is 9.67. The molecular formula is C19H26N2O3. The Kier molecular flexibility index (Phi) is 3.99. The number of carbonyl (C=O) groups is 2. The fourth-order valence-electron chi connectivity index (χ4n) is 5.11. The minimum Gasteiger partial charge on any atom is -0.455 e. The normalized spacial score (nSPS) is 32.3. The van der Waals surface area contributed by atoms with E-state index in [0.29, 0.717) is 40.9 Å². The highest BCUT2D eigenvalue weighted by Gasteiger charge is 2.40. The van der Waals surface area contributed by atoms with E-state index in [0.717, 1.165) is 38.5 Å². The second-order valence-corrected chi connectivity index (χ2v) is 7.81. The number of rotatable bonds is 2. The monoisotopic (exact) mass is 330 g/mol. The second kappa shape index (κ2) is 6.03. The van der Waals surface area contributed by atoms with Gasteiger partial charge in [-0.15, -0.1) is 0 Å². The molecule has 2 unspecified atom stereocenters. The number of nitrogens with one attached hydrogen (secondary N) is 1. The summed E-state index contributed by atoms with van der Waals surface area (Å²) in [5.41, 5.74) is 7.53. The van der Waals surface area contributed by atoms with E-state index in [1.54, 1.807) is 0 Å². The Labute approximate surface area is 142 Å². The fourth-order valence-corrected chi connectivity index (χ4v) is 5.11. The molecule has 3 aliphatic carbocycles. The first-order valence-corrected chi connectivity index (χ1v) is 9.26. The highest BCUT2D eigenvalue weighted by Crippen LogP contribution is 2.40. The molecule has 0 aliphatic heterocycles. The van der Waals surface area contributed by atoms with Gasteiger partial charge in [-0.1, -0.05) is 6.42 Å². The summed E-state index contributed by atoms with van der Waals surface area (Å²) in [7, 11) is 0. The molecule has 2 fully saturated rings. The fraction of sp³-hybridized carbons (Fsp3) is 0.684. The maximum absolute atomic E-state index is 12.8. The number of hydrogen-bond acceptors (Lipinski definition) is 4. The quantitative estimate of drug-likeness (QED) is 0.873. The number of carbonyl (C=O) groups excluding carboxylic acids is 2. The largest absolute Gasteiger partial charge is 0.455 e. The van der Waals surface area contributed by atoms with Crippen LogP contribution in [0.3, 0.4) is 0 Å². The van der Waals surface area contributed by atoms with Crippen molar-refractivity contribution in [1.82, 2.24) is 5.32 Å². The molecule has 2 saturated carbocycles. The average molecular weight is 330 g/mol. The van der Waals surface area contributed by atoms with Gasteiger partial charge in [0.25, 0.3) is 5.91 Å². The zero-order valence-corrected chi connectivity index (χ0v) is 14.3. The smallest absolute Gasteiger partial charge is 0.287 e. The maximum Gasteiger partial charge on any atom is 0.287 e. The summed E-state index contributed by atoms with van der Waals surface area (Å²) in [6, 6.07) is 0.465. The van der Waals surface area contributed by atoms with Crippen LogP contribution in [0, 0.1) is 18.8 Å². The molecule has 24 heavy (non-hydrogen) atoms. The van der Waals surface area contributed by atoms with Crippen LogP contribution in [0.4, 0.5) is 0 Å². The van der Waals surface area contributed by atoms with E-state index in [-0.39, 0.29) is 23.8 Å². The highest BCUT2D eigenvalue weighted by atomic mass is 16.4. The van der Waals surface area contributed by atoms with Gasteiger partial charge < -0.3 is 15.5 Å². The van der Waals surface area contributed by atoms with Crippen LogP contribution in [0.1, 0.15) is 77.2 Å². The van der Waals surface area contributed by atoms with Crippen LogP contribution in [-0.4, -0.2) is 23.8 Å². The van der Waals surface area contributed by atoms with Crippen molar-refractivity contribution in [2.75, 3.05) is 0 Å². The van der Waals surface area contributed by atoms with Crippen molar-refractivity contribution in [2.45, 2.75) is 70.4 Å². The lowest BCUT2D eigenvalue weighted by molar-refractivity contribution is 0.0729. The van der Waals surface area contributed by atoms with E-state index in [2.05, 4.69) is 5.32 Å². The number of aryl methyl sites for hydroxylation is 1. The lowest BCUT2D eigenvalue weighted by Crippen LogP contribution is -2.53. The molecule has 0 aromatic carbocycles. The number of nitrogens with two attached hydrogens (primary N) is 1. The average Bonchev–Trinajstić information content (AvgIpc) is 2.86. The second-order valence-electron chi connectivity index (χ2n) is 7.81. The van der Waals surface area contributed by atoms with E-state index < -0.39 is 0 Å². The van der Waals surface area contributed by atoms with Crippen LogP contribution in [0.15, 0.2) is 4.42 Å². The van der Waals surface area contributed by atoms with Gasteiger partial charge in [0.2, 0.25) is 0 Å². The predicted molar refractivity (Wildman–Crippen MR) is 90.0 cm³/mol. The molecule has 1 aromatic rings. The molecule has 2 bridgehead atoms. The van der Waals surface area contributed by atoms with Gasteiger partial charge in [0.05, 0.1) is 5.56 Å². The van der Waals surface area contributed by atoms with Crippen molar-refractivity contribution < 1.29 is 14.0 Å². The van der Waals surface area contributed by atoms with E-state index in [1.807, 2.05) is 6.92 Å². The first-order chi connectivity index (χ1) is 11.5. The maximum atomic E-state index is 12.8. The number of ketones is 1. The summed E-state index contributed by atoms with van der Waals surface area (Å²) < 4.78 is 5.80. The SMILES string of the molecule is Cc1c(C(=O)NC2C3CCCC2CC(N)C3)oc2c1C(=O)CCC2. The van der Waals surface area contributed by atoms with Gasteiger partial charge in [-0.3, -0.25) is 9.59 Å². The molecule has 130 valence electrons. The molecule has 4 rings (SSSR count). The summed E-state index contributed by atoms with van der Waals surface area (Å²) in [6.45, 7) is 1.83. The van der Waals surface area contributed by atoms with Crippen LogP contribution in [-0.2, 0) is 6.42 Å². The number of amides is 1. The minimum absolute atomic E-state index is 0.108. The Morgan fingerprint density at radius 3 is 2.54 bits per heavy atom. The van der Waals surface area contributed by atoms with Gasteiger partial charge >= 0.3 is 0 Å². The molecule has 1 amide bonds. The molecule has 1 aromatic heterocycles. The summed E-state index contributed by atoms with van der Waals surface area (Å²) in [5, 5.41) is 3.22. The topological polar surface area (TPSA) is 85.3 Å². The van der Waals surface area contributed by atoms with Gasteiger partial charge in [0, 0.05) is 30.5 Å². The van der Waals surface area contributed by atoms with Gasteiger partial charge in [0.15, 0.2) is 11.5 Å². The number of furan rings is 1. The number of Topliss-reactive ketones (excluding diaryl/α,β-unsaturated/α-hetero) is 1. The molecular weight excluding hydrogens is 304 g/mol. The zero-order valence-electron chi connectivity index (χ0n) is 14.3. The number of fused-ring (bicyclic) bond motifs is 3. The predicted octanol–water partition coefficient (Wildman–Crippen LogP) is 2.74. The van der Waals surface area contributed by atoms with Crippen LogP contribution >= 0.6 is 0 Å². The van der Waals surface area contributed by atoms with Crippen molar-refractivity contribution in [3.8, 4) is 0 Å². The first kappa shape index (κ1) is 15.9. The Morgan fingerprint density at radius 1 is 1.17 bits per heavy atom. The van der Waals surface area contributed by atoms with Crippen molar-refractivity contribution in [2.24, 2.45) is 17.6 Å². The van der Waals surface area contributed by atoms with Gasteiger partial charge in [-0.2, -0.15) is 0 Å². The Morgan fingerprint density at radius 2 is 1.88 bits per heavy atom. The third-order valence-corrected chi connectivity index (χ3v) is 6.19. The molecule has 2 atom stereocenters.